The summed E-state index contributed by atoms with van der Waals surface area (Å²) in [5.41, 5.74) is 2.74. The number of nitrogens with zero attached hydrogens (tertiary/aromatic N) is 1. The number of Topliss-reactive ketones (excluding diaryl/α,β-unsaturated/α-hetero) is 1. The first-order chi connectivity index (χ1) is 12.0. The van der Waals surface area contributed by atoms with Gasteiger partial charge in [-0.05, 0) is 59.5 Å². The smallest absolute Gasteiger partial charge is 0.297 e. The number of allylic oxidation sites excluding steroid dienone is 2. The van der Waals surface area contributed by atoms with Crippen LogP contribution in [0.1, 0.15) is 26.3 Å². The van der Waals surface area contributed by atoms with Crippen LogP contribution >= 0.6 is 47.8 Å². The summed E-state index contributed by atoms with van der Waals surface area (Å²) in [4.78, 5) is 29.1. The first-order valence-corrected chi connectivity index (χ1v) is 10.5. The summed E-state index contributed by atoms with van der Waals surface area (Å²) >= 11 is 10.3. The molecule has 0 bridgehead atoms. The third kappa shape index (κ3) is 4.64. The molecule has 1 aliphatic carbocycles. The lowest BCUT2D eigenvalue weighted by molar-refractivity contribution is -0.115. The van der Waals surface area contributed by atoms with Crippen LogP contribution in [0.5, 0.6) is 0 Å². The van der Waals surface area contributed by atoms with Gasteiger partial charge in [-0.15, -0.1) is 0 Å². The number of amides is 1. The molecule has 0 radical (unpaired) electrons. The van der Waals surface area contributed by atoms with E-state index in [4.69, 9.17) is 4.84 Å². The van der Waals surface area contributed by atoms with Crippen molar-refractivity contribution in [2.24, 2.45) is 11.1 Å². The fourth-order valence-corrected chi connectivity index (χ4v) is 3.88. The van der Waals surface area contributed by atoms with Gasteiger partial charge in [-0.25, -0.2) is 4.79 Å². The molecule has 1 aliphatic rings. The van der Waals surface area contributed by atoms with E-state index in [0.29, 0.717) is 17.0 Å². The average molecular weight is 551 g/mol. The van der Waals surface area contributed by atoms with Gasteiger partial charge in [0.1, 0.15) is 0 Å². The standard InChI is InChI=1S/C18H19Br3N2O3/c1-9(2)11-8-14(18(4,21)16(20)15(11)24)23-26-17(25)22-13-6-5-10(3)7-12(13)19/h5-9,16H,1-4H3,(H,22,25)/b23-14-/t16-,18-/m1/s1. The lowest BCUT2D eigenvalue weighted by Crippen LogP contribution is -2.46. The maximum atomic E-state index is 12.4. The number of hydrogen-bond donors (Lipinski definition) is 1. The lowest BCUT2D eigenvalue weighted by atomic mass is 9.83. The third-order valence-corrected chi connectivity index (χ3v) is 7.46. The molecule has 1 N–H and O–H groups in total. The Morgan fingerprint density at radius 2 is 2.04 bits per heavy atom. The minimum atomic E-state index is -0.785. The normalized spacial score (nSPS) is 24.6. The predicted octanol–water partition coefficient (Wildman–Crippen LogP) is 5.74. The Hall–Kier alpha value is -0.990. The molecule has 0 unspecified atom stereocenters. The number of benzene rings is 1. The second-order valence-corrected chi connectivity index (χ2v) is 9.94. The van der Waals surface area contributed by atoms with Crippen molar-refractivity contribution in [1.82, 2.24) is 0 Å². The summed E-state index contributed by atoms with van der Waals surface area (Å²) < 4.78 is -0.0362. The third-order valence-electron chi connectivity index (χ3n) is 3.99. The number of nitrogens with one attached hydrogen (secondary N) is 1. The van der Waals surface area contributed by atoms with Gasteiger partial charge in [0.25, 0.3) is 0 Å². The number of carbonyl (C=O) groups excluding carboxylic acids is 2. The molecule has 0 aromatic heterocycles. The molecule has 0 aliphatic heterocycles. The highest BCUT2D eigenvalue weighted by Crippen LogP contribution is 2.38. The van der Waals surface area contributed by atoms with Crippen LogP contribution in [-0.2, 0) is 9.63 Å². The maximum Gasteiger partial charge on any atom is 0.437 e. The number of anilines is 1. The molecule has 0 heterocycles. The molecule has 0 saturated heterocycles. The minimum Gasteiger partial charge on any atom is -0.297 e. The molecule has 0 spiro atoms. The monoisotopic (exact) mass is 548 g/mol. The minimum absolute atomic E-state index is 0.00800. The van der Waals surface area contributed by atoms with Gasteiger partial charge in [-0.2, -0.15) is 0 Å². The molecule has 8 heteroatoms. The van der Waals surface area contributed by atoms with Gasteiger partial charge in [0.15, 0.2) is 5.78 Å². The lowest BCUT2D eigenvalue weighted by Gasteiger charge is -2.33. The highest BCUT2D eigenvalue weighted by molar-refractivity contribution is 9.13. The van der Waals surface area contributed by atoms with Crippen LogP contribution < -0.4 is 5.32 Å². The van der Waals surface area contributed by atoms with E-state index in [9.17, 15) is 9.59 Å². The van der Waals surface area contributed by atoms with Crippen molar-refractivity contribution in [3.63, 3.8) is 0 Å². The summed E-state index contributed by atoms with van der Waals surface area (Å²) in [7, 11) is 0. The number of halogens is 3. The molecular weight excluding hydrogens is 532 g/mol. The van der Waals surface area contributed by atoms with Gasteiger partial charge in [0, 0.05) is 10.0 Å². The summed E-state index contributed by atoms with van der Waals surface area (Å²) in [6, 6.07) is 5.53. The van der Waals surface area contributed by atoms with Gasteiger partial charge in [0.05, 0.1) is 20.6 Å². The molecule has 140 valence electrons. The SMILES string of the molecule is Cc1ccc(NC(=O)O/N=C2/C=C(C(C)C)C(=O)[C@@H](Br)[C@]2(C)Br)c(Br)c1. The van der Waals surface area contributed by atoms with Crippen molar-refractivity contribution >= 4 is 71.1 Å². The first-order valence-electron chi connectivity index (χ1n) is 7.95. The van der Waals surface area contributed by atoms with Crippen LogP contribution in [-0.4, -0.2) is 26.7 Å². The van der Waals surface area contributed by atoms with Gasteiger partial charge < -0.3 is 0 Å². The topological polar surface area (TPSA) is 67.8 Å². The van der Waals surface area contributed by atoms with Crippen molar-refractivity contribution in [2.45, 2.75) is 36.8 Å². The molecular formula is C18H19Br3N2O3. The van der Waals surface area contributed by atoms with Crippen molar-refractivity contribution in [3.05, 3.63) is 39.9 Å². The van der Waals surface area contributed by atoms with Crippen LogP contribution in [0.25, 0.3) is 0 Å². The molecule has 1 aromatic rings. The zero-order chi connectivity index (χ0) is 19.6. The Labute approximate surface area is 178 Å². The first kappa shape index (κ1) is 21.3. The Bertz CT molecular complexity index is 801. The molecule has 5 nitrogen and oxygen atoms in total. The molecule has 2 rings (SSSR count). The number of carbonyl (C=O) groups is 2. The van der Waals surface area contributed by atoms with E-state index in [1.54, 1.807) is 19.1 Å². The Morgan fingerprint density at radius 3 is 2.62 bits per heavy atom. The maximum absolute atomic E-state index is 12.4. The quantitative estimate of drug-likeness (QED) is 0.296. The molecule has 2 atom stereocenters. The van der Waals surface area contributed by atoms with E-state index in [2.05, 4.69) is 58.3 Å². The van der Waals surface area contributed by atoms with Crippen LogP contribution in [0, 0.1) is 12.8 Å². The van der Waals surface area contributed by atoms with E-state index < -0.39 is 15.2 Å². The molecule has 26 heavy (non-hydrogen) atoms. The average Bonchev–Trinajstić information content (AvgIpc) is 2.54. The molecule has 0 fully saturated rings. The number of ketones is 1. The number of rotatable bonds is 3. The fourth-order valence-electron chi connectivity index (χ4n) is 2.39. The second-order valence-electron chi connectivity index (χ2n) is 6.52. The van der Waals surface area contributed by atoms with Crippen molar-refractivity contribution < 1.29 is 14.4 Å². The second kappa shape index (κ2) is 8.35. The number of aryl methyl sites for hydroxylation is 1. The van der Waals surface area contributed by atoms with Crippen LogP contribution in [0.15, 0.2) is 39.5 Å². The van der Waals surface area contributed by atoms with E-state index in [-0.39, 0.29) is 11.7 Å². The summed E-state index contributed by atoms with van der Waals surface area (Å²) in [6.45, 7) is 7.62. The zero-order valence-corrected chi connectivity index (χ0v) is 19.5. The van der Waals surface area contributed by atoms with Crippen LogP contribution in [0.3, 0.4) is 0 Å². The summed E-state index contributed by atoms with van der Waals surface area (Å²) in [5.74, 6) is 0.0278. The van der Waals surface area contributed by atoms with Crippen LogP contribution in [0.4, 0.5) is 10.5 Å². The highest BCUT2D eigenvalue weighted by Gasteiger charge is 2.44. The summed E-state index contributed by atoms with van der Waals surface area (Å²) in [6.07, 6.45) is 0.960. The van der Waals surface area contributed by atoms with Gasteiger partial charge in [0.2, 0.25) is 0 Å². The Balaban J connectivity index is 2.21. The van der Waals surface area contributed by atoms with Gasteiger partial charge >= 0.3 is 6.09 Å². The van der Waals surface area contributed by atoms with E-state index in [0.717, 1.165) is 10.0 Å². The van der Waals surface area contributed by atoms with Gasteiger partial charge in [-0.1, -0.05) is 56.9 Å². The number of hydrogen-bond acceptors (Lipinski definition) is 4. The highest BCUT2D eigenvalue weighted by atomic mass is 79.9. The predicted molar refractivity (Wildman–Crippen MR) is 114 cm³/mol. The van der Waals surface area contributed by atoms with Crippen molar-refractivity contribution in [2.75, 3.05) is 5.32 Å². The van der Waals surface area contributed by atoms with E-state index in [1.165, 1.54) is 0 Å². The van der Waals surface area contributed by atoms with Crippen molar-refractivity contribution in [1.29, 1.82) is 0 Å². The largest absolute Gasteiger partial charge is 0.437 e. The summed E-state index contributed by atoms with van der Waals surface area (Å²) in [5, 5.41) is 6.61. The fraction of sp³-hybridized carbons (Fsp3) is 0.389. The molecule has 0 saturated carbocycles. The van der Waals surface area contributed by atoms with E-state index in [1.807, 2.05) is 32.9 Å². The Morgan fingerprint density at radius 1 is 1.38 bits per heavy atom. The number of oxime groups is 1. The molecule has 1 aromatic carbocycles. The zero-order valence-electron chi connectivity index (χ0n) is 14.8. The van der Waals surface area contributed by atoms with E-state index >= 15 is 0 Å². The van der Waals surface area contributed by atoms with Crippen molar-refractivity contribution in [3.8, 4) is 0 Å². The Kier molecular flexibility index (Phi) is 6.85. The van der Waals surface area contributed by atoms with Gasteiger partial charge in [-0.3, -0.25) is 14.9 Å². The number of alkyl halides is 2. The van der Waals surface area contributed by atoms with Crippen LogP contribution in [0.2, 0.25) is 0 Å². The molecule has 1 amide bonds.